The first-order valence-corrected chi connectivity index (χ1v) is 7.57. The Bertz CT molecular complexity index is 397. The van der Waals surface area contributed by atoms with Crippen molar-refractivity contribution in [3.63, 3.8) is 0 Å². The van der Waals surface area contributed by atoms with E-state index in [1.807, 2.05) is 0 Å². The van der Waals surface area contributed by atoms with E-state index in [1.54, 1.807) is 5.57 Å². The van der Waals surface area contributed by atoms with Gasteiger partial charge in [-0.3, -0.25) is 0 Å². The molecule has 0 aromatic carbocycles. The van der Waals surface area contributed by atoms with E-state index in [0.29, 0.717) is 17.9 Å². The number of nitrogens with two attached hydrogens (primary N) is 1. The van der Waals surface area contributed by atoms with Crippen molar-refractivity contribution in [3.8, 4) is 0 Å². The fourth-order valence-corrected chi connectivity index (χ4v) is 4.47. The van der Waals surface area contributed by atoms with Crippen LogP contribution in [0.3, 0.4) is 0 Å². The van der Waals surface area contributed by atoms with Gasteiger partial charge in [-0.05, 0) is 49.5 Å². The molecule has 18 heavy (non-hydrogen) atoms. The molecule has 0 amide bonds. The van der Waals surface area contributed by atoms with Gasteiger partial charge in [0.05, 0.1) is 6.04 Å². The van der Waals surface area contributed by atoms with Crippen LogP contribution in [0.2, 0.25) is 0 Å². The molecule has 1 aliphatic heterocycles. The van der Waals surface area contributed by atoms with Crippen LogP contribution in [0.4, 0.5) is 0 Å². The first-order chi connectivity index (χ1) is 8.74. The molecule has 0 unspecified atom stereocenters. The summed E-state index contributed by atoms with van der Waals surface area (Å²) >= 11 is 0. The third kappa shape index (κ3) is 1.75. The second-order valence-electron chi connectivity index (χ2n) is 6.08. The van der Waals surface area contributed by atoms with Gasteiger partial charge < -0.3 is 11.1 Å². The Labute approximate surface area is 110 Å². The van der Waals surface area contributed by atoms with Gasteiger partial charge >= 0.3 is 0 Å². The van der Waals surface area contributed by atoms with Gasteiger partial charge in [0.1, 0.15) is 0 Å². The summed E-state index contributed by atoms with van der Waals surface area (Å²) in [5.74, 6) is 2.94. The Morgan fingerprint density at radius 2 is 2.17 bits per heavy atom. The maximum atomic E-state index is 5.97. The molecule has 100 valence electrons. The minimum absolute atomic E-state index is 0.468. The summed E-state index contributed by atoms with van der Waals surface area (Å²) in [6.07, 6.45) is 7.74. The number of guanidine groups is 1. The minimum atomic E-state index is 0.468. The summed E-state index contributed by atoms with van der Waals surface area (Å²) in [6.45, 7) is 4.59. The van der Waals surface area contributed by atoms with Crippen molar-refractivity contribution in [3.05, 3.63) is 11.3 Å². The average molecular weight is 247 g/mol. The van der Waals surface area contributed by atoms with E-state index < -0.39 is 0 Å². The minimum Gasteiger partial charge on any atom is -0.370 e. The zero-order valence-electron chi connectivity index (χ0n) is 11.6. The lowest BCUT2D eigenvalue weighted by Crippen LogP contribution is -2.46. The fourth-order valence-electron chi connectivity index (χ4n) is 4.47. The molecule has 1 heterocycles. The molecule has 0 aromatic heterocycles. The van der Waals surface area contributed by atoms with Crippen LogP contribution in [0.1, 0.15) is 52.4 Å². The van der Waals surface area contributed by atoms with Crippen LogP contribution in [0.15, 0.2) is 16.3 Å². The SMILES string of the molecule is CCC[C@@H]1C[C@@H]2CC[C@@H]3N=C(N)NC(=C1CC)[C@H]23. The highest BCUT2D eigenvalue weighted by molar-refractivity contribution is 5.81. The van der Waals surface area contributed by atoms with E-state index >= 15 is 0 Å². The van der Waals surface area contributed by atoms with Crippen LogP contribution >= 0.6 is 0 Å². The number of allylic oxidation sites excluding steroid dienone is 1. The predicted molar refractivity (Wildman–Crippen MR) is 75.1 cm³/mol. The lowest BCUT2D eigenvalue weighted by molar-refractivity contribution is 0.281. The molecule has 4 atom stereocenters. The van der Waals surface area contributed by atoms with E-state index in [-0.39, 0.29) is 0 Å². The molecule has 2 aliphatic carbocycles. The van der Waals surface area contributed by atoms with Crippen LogP contribution in [0.25, 0.3) is 0 Å². The van der Waals surface area contributed by atoms with Gasteiger partial charge in [0.15, 0.2) is 5.96 Å². The van der Waals surface area contributed by atoms with Crippen molar-refractivity contribution in [2.75, 3.05) is 0 Å². The molecule has 1 saturated carbocycles. The first kappa shape index (κ1) is 12.1. The Balaban J connectivity index is 2.00. The Morgan fingerprint density at radius 1 is 1.33 bits per heavy atom. The van der Waals surface area contributed by atoms with Crippen LogP contribution in [-0.4, -0.2) is 12.0 Å². The lowest BCUT2D eigenvalue weighted by atomic mass is 9.71. The highest BCUT2D eigenvalue weighted by Crippen LogP contribution is 2.50. The fraction of sp³-hybridized carbons (Fsp3) is 0.800. The topological polar surface area (TPSA) is 50.4 Å². The third-order valence-electron chi connectivity index (χ3n) is 5.10. The van der Waals surface area contributed by atoms with Crippen molar-refractivity contribution < 1.29 is 0 Å². The molecule has 3 heteroatoms. The molecule has 3 rings (SSSR count). The summed E-state index contributed by atoms with van der Waals surface area (Å²) in [7, 11) is 0. The molecular weight excluding hydrogens is 222 g/mol. The van der Waals surface area contributed by atoms with Gasteiger partial charge in [-0.25, -0.2) is 4.99 Å². The number of hydrogen-bond donors (Lipinski definition) is 2. The summed E-state index contributed by atoms with van der Waals surface area (Å²) < 4.78 is 0. The van der Waals surface area contributed by atoms with Gasteiger partial charge in [-0.15, -0.1) is 0 Å². The maximum Gasteiger partial charge on any atom is 0.193 e. The highest BCUT2D eigenvalue weighted by atomic mass is 15.2. The van der Waals surface area contributed by atoms with Crippen molar-refractivity contribution >= 4 is 5.96 Å². The van der Waals surface area contributed by atoms with Crippen molar-refractivity contribution in [2.45, 2.75) is 58.4 Å². The van der Waals surface area contributed by atoms with E-state index in [0.717, 1.165) is 18.3 Å². The van der Waals surface area contributed by atoms with E-state index in [4.69, 9.17) is 5.73 Å². The Morgan fingerprint density at radius 3 is 2.89 bits per heavy atom. The standard InChI is InChI=1S/C15H25N3/c1-3-5-9-8-10-6-7-12-13(10)14(11(9)4-2)18-15(16)17-12/h9-10,12-13H,3-8H2,1-2H3,(H3,16,17,18)/t9-,10+,12+,13-/m1/s1. The molecule has 0 spiro atoms. The molecule has 0 saturated heterocycles. The van der Waals surface area contributed by atoms with Crippen LogP contribution in [-0.2, 0) is 0 Å². The molecule has 0 bridgehead atoms. The molecular formula is C15H25N3. The van der Waals surface area contributed by atoms with Gasteiger partial charge in [0.2, 0.25) is 0 Å². The zero-order chi connectivity index (χ0) is 12.7. The molecule has 3 N–H and O–H groups in total. The zero-order valence-corrected chi connectivity index (χ0v) is 11.6. The number of rotatable bonds is 3. The third-order valence-corrected chi connectivity index (χ3v) is 5.10. The van der Waals surface area contributed by atoms with Gasteiger partial charge in [-0.2, -0.15) is 0 Å². The predicted octanol–water partition coefficient (Wildman–Crippen LogP) is 2.78. The van der Waals surface area contributed by atoms with Crippen LogP contribution < -0.4 is 11.1 Å². The summed E-state index contributed by atoms with van der Waals surface area (Å²) in [5.41, 5.74) is 9.07. The second kappa shape index (κ2) is 4.60. The monoisotopic (exact) mass is 247 g/mol. The van der Waals surface area contributed by atoms with Crippen molar-refractivity contribution in [1.29, 1.82) is 0 Å². The Kier molecular flexibility index (Phi) is 3.08. The summed E-state index contributed by atoms with van der Waals surface area (Å²) in [6, 6.07) is 0.468. The number of aliphatic imine (C=N–C) groups is 1. The first-order valence-electron chi connectivity index (χ1n) is 7.57. The molecule has 3 aliphatic rings. The number of nitrogens with zero attached hydrogens (tertiary/aromatic N) is 1. The largest absolute Gasteiger partial charge is 0.370 e. The van der Waals surface area contributed by atoms with E-state index in [9.17, 15) is 0 Å². The van der Waals surface area contributed by atoms with Crippen LogP contribution in [0, 0.1) is 17.8 Å². The number of nitrogens with one attached hydrogen (secondary N) is 1. The van der Waals surface area contributed by atoms with E-state index in [2.05, 4.69) is 24.2 Å². The maximum absolute atomic E-state index is 5.97. The van der Waals surface area contributed by atoms with Crippen molar-refractivity contribution in [1.82, 2.24) is 5.32 Å². The van der Waals surface area contributed by atoms with Gasteiger partial charge in [0, 0.05) is 11.6 Å². The normalized spacial score (nSPS) is 38.2. The second-order valence-corrected chi connectivity index (χ2v) is 6.08. The van der Waals surface area contributed by atoms with E-state index in [1.165, 1.54) is 37.8 Å². The van der Waals surface area contributed by atoms with Crippen LogP contribution in [0.5, 0.6) is 0 Å². The molecule has 3 nitrogen and oxygen atoms in total. The molecule has 1 fully saturated rings. The highest BCUT2D eigenvalue weighted by Gasteiger charge is 2.46. The lowest BCUT2D eigenvalue weighted by Gasteiger charge is -2.40. The van der Waals surface area contributed by atoms with Crippen molar-refractivity contribution in [2.24, 2.45) is 28.5 Å². The average Bonchev–Trinajstić information content (AvgIpc) is 2.73. The number of hydrogen-bond acceptors (Lipinski definition) is 3. The molecule has 0 aromatic rings. The van der Waals surface area contributed by atoms with Gasteiger partial charge in [-0.1, -0.05) is 20.3 Å². The summed E-state index contributed by atoms with van der Waals surface area (Å²) in [4.78, 5) is 4.62. The summed E-state index contributed by atoms with van der Waals surface area (Å²) in [5, 5.41) is 3.42. The quantitative estimate of drug-likeness (QED) is 0.805. The molecule has 0 radical (unpaired) electrons. The van der Waals surface area contributed by atoms with Gasteiger partial charge in [0.25, 0.3) is 0 Å². The smallest absolute Gasteiger partial charge is 0.193 e. The Hall–Kier alpha value is -0.990.